The highest BCUT2D eigenvalue weighted by molar-refractivity contribution is 5.87. The zero-order valence-electron chi connectivity index (χ0n) is 11.7. The Balaban J connectivity index is 1.79. The van der Waals surface area contributed by atoms with Crippen molar-refractivity contribution in [3.63, 3.8) is 0 Å². The number of aromatic amines is 1. The quantitative estimate of drug-likeness (QED) is 0.834. The lowest BCUT2D eigenvalue weighted by atomic mass is 9.85. The second-order valence-corrected chi connectivity index (χ2v) is 5.75. The highest BCUT2D eigenvalue weighted by Gasteiger charge is 2.50. The topological polar surface area (TPSA) is 72.5 Å². The van der Waals surface area contributed by atoms with E-state index in [0.717, 1.165) is 51.0 Å². The number of aliphatic hydroxyl groups excluding tert-OH is 1. The maximum atomic E-state index is 12.8. The minimum absolute atomic E-state index is 0.0440. The van der Waals surface area contributed by atoms with Crippen LogP contribution in [0.25, 0.3) is 0 Å². The van der Waals surface area contributed by atoms with E-state index in [2.05, 4.69) is 14.9 Å². The zero-order valence-corrected chi connectivity index (χ0v) is 11.7. The van der Waals surface area contributed by atoms with Gasteiger partial charge in [-0.25, -0.2) is 4.98 Å². The number of aromatic nitrogens is 2. The molecule has 3 rings (SSSR count). The van der Waals surface area contributed by atoms with Gasteiger partial charge in [-0.15, -0.1) is 0 Å². The fourth-order valence-electron chi connectivity index (χ4n) is 3.67. The predicted octanol–water partition coefficient (Wildman–Crippen LogP) is 0.359. The third-order valence-corrected chi connectivity index (χ3v) is 4.61. The van der Waals surface area contributed by atoms with E-state index in [-0.39, 0.29) is 18.1 Å². The van der Waals surface area contributed by atoms with E-state index < -0.39 is 0 Å². The lowest BCUT2D eigenvalue weighted by molar-refractivity contribution is -0.148. The lowest BCUT2D eigenvalue weighted by Gasteiger charge is -2.44. The maximum Gasteiger partial charge on any atom is 0.243 e. The second kappa shape index (κ2) is 5.54. The molecule has 1 aromatic heterocycles. The number of hydrogen-bond acceptors (Lipinski definition) is 4. The third-order valence-electron chi connectivity index (χ3n) is 4.61. The highest BCUT2D eigenvalue weighted by atomic mass is 16.3. The Morgan fingerprint density at radius 3 is 2.85 bits per heavy atom. The molecular weight excluding hydrogens is 256 g/mol. The number of nitrogens with zero attached hydrogens (tertiary/aromatic N) is 3. The summed E-state index contributed by atoms with van der Waals surface area (Å²) in [6.07, 6.45) is 7.45. The largest absolute Gasteiger partial charge is 0.395 e. The normalized spacial score (nSPS) is 27.6. The third kappa shape index (κ3) is 2.23. The summed E-state index contributed by atoms with van der Waals surface area (Å²) in [7, 11) is 0. The number of rotatable bonds is 4. The molecule has 1 atom stereocenters. The fourth-order valence-corrected chi connectivity index (χ4v) is 3.67. The molecule has 2 N–H and O–H groups in total. The number of piperidine rings is 1. The van der Waals surface area contributed by atoms with Gasteiger partial charge >= 0.3 is 0 Å². The number of carbonyl (C=O) groups is 1. The number of β-amino-alcohol motifs (C(OH)–C–C–N with tert-alkyl or cyclic N) is 1. The average Bonchev–Trinajstić information content (AvgIpc) is 3.08. The fraction of sp³-hybridized carbons (Fsp3) is 0.714. The van der Waals surface area contributed by atoms with Crippen LogP contribution in [0.3, 0.4) is 0 Å². The van der Waals surface area contributed by atoms with Gasteiger partial charge in [0.2, 0.25) is 5.91 Å². The molecule has 1 spiro atoms. The maximum absolute atomic E-state index is 12.8. The van der Waals surface area contributed by atoms with Crippen molar-refractivity contribution >= 4 is 5.91 Å². The standard InChI is InChI=1S/C14H22N4O2/c19-8-7-17-5-1-3-14(13(17)20)4-2-6-18(14)10-12-9-15-11-16-12/h9,11,19H,1-8,10H2,(H,15,16). The molecule has 3 heterocycles. The molecule has 0 radical (unpaired) electrons. The first-order valence-corrected chi connectivity index (χ1v) is 7.39. The van der Waals surface area contributed by atoms with Gasteiger partial charge in [-0.05, 0) is 32.2 Å². The summed E-state index contributed by atoms with van der Waals surface area (Å²) in [5, 5.41) is 9.12. The molecule has 110 valence electrons. The number of amides is 1. The molecule has 6 nitrogen and oxygen atoms in total. The molecule has 1 amide bonds. The van der Waals surface area contributed by atoms with Crippen molar-refractivity contribution in [2.24, 2.45) is 0 Å². The number of aliphatic hydroxyl groups is 1. The van der Waals surface area contributed by atoms with Crippen LogP contribution in [0.15, 0.2) is 12.5 Å². The zero-order chi connectivity index (χ0) is 14.0. The Bertz CT molecular complexity index is 460. The van der Waals surface area contributed by atoms with E-state index >= 15 is 0 Å². The monoisotopic (exact) mass is 278 g/mol. The SMILES string of the molecule is O=C1N(CCO)CCCC12CCCN2Cc1cnc[nH]1. The van der Waals surface area contributed by atoms with Gasteiger partial charge in [0, 0.05) is 31.5 Å². The molecule has 2 saturated heterocycles. The lowest BCUT2D eigenvalue weighted by Crippen LogP contribution is -2.60. The van der Waals surface area contributed by atoms with Gasteiger partial charge in [0.1, 0.15) is 5.54 Å². The Kier molecular flexibility index (Phi) is 3.76. The smallest absolute Gasteiger partial charge is 0.243 e. The molecule has 2 aliphatic heterocycles. The molecule has 0 aliphatic carbocycles. The molecule has 1 unspecified atom stereocenters. The summed E-state index contributed by atoms with van der Waals surface area (Å²) >= 11 is 0. The molecule has 1 aromatic rings. The Labute approximate surface area is 118 Å². The van der Waals surface area contributed by atoms with Crippen molar-refractivity contribution in [2.45, 2.75) is 37.8 Å². The highest BCUT2D eigenvalue weighted by Crippen LogP contribution is 2.38. The Morgan fingerprint density at radius 2 is 2.15 bits per heavy atom. The predicted molar refractivity (Wildman–Crippen MR) is 73.9 cm³/mol. The van der Waals surface area contributed by atoms with E-state index in [1.165, 1.54) is 0 Å². The van der Waals surface area contributed by atoms with Crippen molar-refractivity contribution in [1.29, 1.82) is 0 Å². The molecule has 0 saturated carbocycles. The van der Waals surface area contributed by atoms with Gasteiger partial charge in [0.05, 0.1) is 12.9 Å². The van der Waals surface area contributed by atoms with Crippen LogP contribution in [0, 0.1) is 0 Å². The number of imidazole rings is 1. The summed E-state index contributed by atoms with van der Waals surface area (Å²) < 4.78 is 0. The van der Waals surface area contributed by atoms with Gasteiger partial charge in [0.15, 0.2) is 0 Å². The Hall–Kier alpha value is -1.40. The van der Waals surface area contributed by atoms with Crippen LogP contribution in [-0.4, -0.2) is 62.6 Å². The first kappa shape index (κ1) is 13.6. The van der Waals surface area contributed by atoms with Crippen LogP contribution >= 0.6 is 0 Å². The van der Waals surface area contributed by atoms with Gasteiger partial charge in [-0.2, -0.15) is 0 Å². The van der Waals surface area contributed by atoms with E-state index in [1.807, 2.05) is 11.1 Å². The summed E-state index contributed by atoms with van der Waals surface area (Å²) in [5.41, 5.74) is 0.705. The van der Waals surface area contributed by atoms with Gasteiger partial charge in [-0.3, -0.25) is 9.69 Å². The first-order valence-electron chi connectivity index (χ1n) is 7.39. The van der Waals surface area contributed by atoms with Crippen LogP contribution in [0.5, 0.6) is 0 Å². The molecule has 20 heavy (non-hydrogen) atoms. The Morgan fingerprint density at radius 1 is 1.35 bits per heavy atom. The number of likely N-dealkylation sites (tertiary alicyclic amines) is 2. The van der Waals surface area contributed by atoms with Gasteiger partial charge in [0.25, 0.3) is 0 Å². The van der Waals surface area contributed by atoms with Crippen LogP contribution < -0.4 is 0 Å². The minimum Gasteiger partial charge on any atom is -0.395 e. The molecular formula is C14H22N4O2. The van der Waals surface area contributed by atoms with Crippen LogP contribution in [0.1, 0.15) is 31.4 Å². The van der Waals surface area contributed by atoms with Crippen molar-refractivity contribution in [3.8, 4) is 0 Å². The van der Waals surface area contributed by atoms with Crippen LogP contribution in [-0.2, 0) is 11.3 Å². The van der Waals surface area contributed by atoms with Gasteiger partial charge in [-0.1, -0.05) is 0 Å². The number of carbonyl (C=O) groups excluding carboxylic acids is 1. The average molecular weight is 278 g/mol. The minimum atomic E-state index is -0.349. The van der Waals surface area contributed by atoms with E-state index in [1.54, 1.807) is 6.33 Å². The molecule has 0 aromatic carbocycles. The number of nitrogens with one attached hydrogen (secondary N) is 1. The van der Waals surface area contributed by atoms with E-state index in [4.69, 9.17) is 5.11 Å². The van der Waals surface area contributed by atoms with Crippen LogP contribution in [0.2, 0.25) is 0 Å². The van der Waals surface area contributed by atoms with E-state index in [9.17, 15) is 4.79 Å². The summed E-state index contributed by atoms with van der Waals surface area (Å²) in [6.45, 7) is 2.98. The number of H-pyrrole nitrogens is 1. The first-order chi connectivity index (χ1) is 9.76. The van der Waals surface area contributed by atoms with Gasteiger partial charge < -0.3 is 15.0 Å². The van der Waals surface area contributed by atoms with Crippen molar-refractivity contribution < 1.29 is 9.90 Å². The molecule has 2 fully saturated rings. The van der Waals surface area contributed by atoms with Crippen molar-refractivity contribution in [1.82, 2.24) is 19.8 Å². The van der Waals surface area contributed by atoms with Crippen LogP contribution in [0.4, 0.5) is 0 Å². The summed E-state index contributed by atoms with van der Waals surface area (Å²) in [5.74, 6) is 0.204. The van der Waals surface area contributed by atoms with Crippen molar-refractivity contribution in [2.75, 3.05) is 26.2 Å². The second-order valence-electron chi connectivity index (χ2n) is 5.75. The molecule has 2 aliphatic rings. The summed E-state index contributed by atoms with van der Waals surface area (Å²) in [6, 6.07) is 0. The number of hydrogen-bond donors (Lipinski definition) is 2. The van der Waals surface area contributed by atoms with E-state index in [0.29, 0.717) is 6.54 Å². The van der Waals surface area contributed by atoms with Crippen molar-refractivity contribution in [3.05, 3.63) is 18.2 Å². The molecule has 0 bridgehead atoms. The summed E-state index contributed by atoms with van der Waals surface area (Å²) in [4.78, 5) is 24.1. The molecule has 6 heteroatoms.